The molecule has 0 aliphatic carbocycles. The molecule has 1 heteroatoms. The molecule has 30 valence electrons. The van der Waals surface area contributed by atoms with Crippen molar-refractivity contribution >= 4 is 0 Å². The zero-order valence-electron chi connectivity index (χ0n) is 4.49. The first-order valence-electron chi connectivity index (χ1n) is 1.93. The molecule has 0 rings (SSSR count). The summed E-state index contributed by atoms with van der Waals surface area (Å²) in [6, 6.07) is 0. The molecule has 0 aromatic rings. The van der Waals surface area contributed by atoms with Crippen molar-refractivity contribution in [1.29, 1.82) is 1.43 Å². The van der Waals surface area contributed by atoms with Crippen LogP contribution in [0.15, 0.2) is 11.8 Å². The van der Waals surface area contributed by atoms with Crippen molar-refractivity contribution < 1.29 is 5.11 Å². The number of allylic oxidation sites excluding steroid dienone is 1. The van der Waals surface area contributed by atoms with Gasteiger partial charge in [-0.05, 0) is 19.4 Å². The van der Waals surface area contributed by atoms with Crippen LogP contribution >= 0.6 is 0 Å². The molecule has 0 saturated carbocycles. The van der Waals surface area contributed by atoms with Crippen LogP contribution in [0, 0.1) is 0 Å². The minimum atomic E-state index is 1.00. The predicted molar refractivity (Wildman–Crippen MR) is 22.1 cm³/mol. The molecule has 0 aromatic carbocycles. The average Bonchev–Trinajstić information content (AvgIpc) is 1.35. The van der Waals surface area contributed by atoms with Crippen molar-refractivity contribution in [3.05, 3.63) is 11.8 Å². The van der Waals surface area contributed by atoms with Crippen LogP contribution in [0.25, 0.3) is 1.43 Å². The lowest BCUT2D eigenvalue weighted by molar-refractivity contribution is 0.467. The summed E-state index contributed by atoms with van der Waals surface area (Å²) in [5, 5.41) is 3.89. The van der Waals surface area contributed by atoms with Gasteiger partial charge in [-0.15, -0.1) is 0 Å². The summed E-state index contributed by atoms with van der Waals surface area (Å²) in [4.78, 5) is 0. The van der Waals surface area contributed by atoms with Gasteiger partial charge in [0.15, 0.2) is 0 Å². The van der Waals surface area contributed by atoms with Gasteiger partial charge in [0.1, 0.15) is 0 Å². The van der Waals surface area contributed by atoms with Crippen LogP contribution in [0.5, 0.6) is 0 Å². The molecule has 0 aliphatic rings. The molecular weight excluding hydrogens is 64.0 g/mol. The van der Waals surface area contributed by atoms with Gasteiger partial charge in [0.05, 0.1) is 6.26 Å². The third-order valence-electron chi connectivity index (χ3n) is 0.236. The molecule has 0 atom stereocenters. The number of hydrogen-bond acceptors (Lipinski definition) is 1. The van der Waals surface area contributed by atoms with E-state index < -0.39 is 0 Å². The molecule has 0 fully saturated rings. The molecule has 0 bridgehead atoms. The number of hydrogen-bond donors (Lipinski definition) is 1. The van der Waals surface area contributed by atoms with Crippen molar-refractivity contribution in [1.82, 2.24) is 0 Å². The van der Waals surface area contributed by atoms with E-state index in [1.54, 1.807) is 0 Å². The molecule has 0 aliphatic heterocycles. The molecule has 0 radical (unpaired) electrons. The molecule has 1 nitrogen and oxygen atoms in total. The first kappa shape index (κ1) is 2.76. The zero-order chi connectivity index (χ0) is 4.99. The summed E-state index contributed by atoms with van der Waals surface area (Å²) in [5.74, 6) is 0. The Kier molecular flexibility index (Phi) is 1.01. The second-order valence-electron chi connectivity index (χ2n) is 1.20. The van der Waals surface area contributed by atoms with Crippen LogP contribution in [0.2, 0.25) is 0 Å². The van der Waals surface area contributed by atoms with Gasteiger partial charge in [-0.25, -0.2) is 0 Å². The van der Waals surface area contributed by atoms with E-state index >= 15 is 0 Å². The maximum atomic E-state index is 6.16. The van der Waals surface area contributed by atoms with Crippen LogP contribution in [-0.2, 0) is 0 Å². The average molecular weight is 73.1 g/mol. The Morgan fingerprint density at radius 2 is 2.60 bits per heavy atom. The first-order chi connectivity index (χ1) is 2.77. The van der Waals surface area contributed by atoms with Gasteiger partial charge >= 0.3 is 0 Å². The predicted octanol–water partition coefficient (Wildman–Crippen LogP) is 1.47. The second-order valence-corrected chi connectivity index (χ2v) is 1.20. The van der Waals surface area contributed by atoms with E-state index in [9.17, 15) is 0 Å². The van der Waals surface area contributed by atoms with Crippen molar-refractivity contribution in [3.8, 4) is 0 Å². The lowest BCUT2D eigenvalue weighted by atomic mass is 10.4. The van der Waals surface area contributed by atoms with Gasteiger partial charge in [0.2, 0.25) is 0 Å². The SMILES string of the molecule is [2H]OC=C(C)C. The van der Waals surface area contributed by atoms with Crippen LogP contribution < -0.4 is 0 Å². The Balaban J connectivity index is 3.14. The largest absolute Gasteiger partial charge is 0.516 e. The van der Waals surface area contributed by atoms with E-state index in [0.29, 0.717) is 0 Å². The van der Waals surface area contributed by atoms with Crippen molar-refractivity contribution in [2.24, 2.45) is 0 Å². The van der Waals surface area contributed by atoms with Gasteiger partial charge in [-0.3, -0.25) is 0 Å². The molecule has 0 unspecified atom stereocenters. The molecule has 0 heterocycles. The quantitative estimate of drug-likeness (QED) is 0.466. The van der Waals surface area contributed by atoms with Crippen molar-refractivity contribution in [2.75, 3.05) is 0 Å². The van der Waals surface area contributed by atoms with Crippen LogP contribution in [0.4, 0.5) is 0 Å². The van der Waals surface area contributed by atoms with E-state index in [4.69, 9.17) is 1.43 Å². The second kappa shape index (κ2) is 1.82. The maximum Gasteiger partial charge on any atom is 0.292 e. The van der Waals surface area contributed by atoms with E-state index in [0.717, 1.165) is 5.57 Å². The molecular formula is C4H8O. The van der Waals surface area contributed by atoms with Crippen LogP contribution in [-0.4, -0.2) is 5.11 Å². The van der Waals surface area contributed by atoms with Gasteiger partial charge < -0.3 is 5.11 Å². The molecule has 1 N–H and O–H groups in total. The number of aliphatic hydroxyl groups excluding tert-OH is 1. The Bertz CT molecular complexity index is 54.6. The van der Waals surface area contributed by atoms with Crippen LogP contribution in [0.1, 0.15) is 13.8 Å². The summed E-state index contributed by atoms with van der Waals surface area (Å²) in [7, 11) is 0. The van der Waals surface area contributed by atoms with Gasteiger partial charge in [-0.1, -0.05) is 0 Å². The Labute approximate surface area is 33.4 Å². The van der Waals surface area contributed by atoms with Crippen molar-refractivity contribution in [3.63, 3.8) is 0 Å². The van der Waals surface area contributed by atoms with Gasteiger partial charge in [-0.2, -0.15) is 0 Å². The standard InChI is InChI=1S/C4H8O/c1-4(2)3-5/h3,5H,1-2H3/i/hD. The highest BCUT2D eigenvalue weighted by atomic mass is 16.2. The minimum absolute atomic E-state index is 1.00. The van der Waals surface area contributed by atoms with Crippen molar-refractivity contribution in [2.45, 2.75) is 13.8 Å². The lowest BCUT2D eigenvalue weighted by Crippen LogP contribution is -1.56. The van der Waals surface area contributed by atoms with E-state index in [2.05, 4.69) is 5.11 Å². The normalized spacial score (nSPS) is 8.80. The Morgan fingerprint density at radius 3 is 2.60 bits per heavy atom. The fraction of sp³-hybridized carbons (Fsp3) is 0.500. The Hall–Kier alpha value is -0.460. The highest BCUT2D eigenvalue weighted by molar-refractivity contribution is 4.84. The van der Waals surface area contributed by atoms with E-state index in [1.165, 1.54) is 6.26 Å². The first-order valence-corrected chi connectivity index (χ1v) is 1.52. The monoisotopic (exact) mass is 73.1 g/mol. The highest BCUT2D eigenvalue weighted by Crippen LogP contribution is 1.80. The fourth-order valence-corrected chi connectivity index (χ4v) is 0. The minimum Gasteiger partial charge on any atom is -0.516 e. The van der Waals surface area contributed by atoms with Crippen LogP contribution in [0.3, 0.4) is 0 Å². The molecule has 0 amide bonds. The summed E-state index contributed by atoms with van der Waals surface area (Å²) in [6.07, 6.45) is 1.38. The smallest absolute Gasteiger partial charge is 0.292 e. The highest BCUT2D eigenvalue weighted by Gasteiger charge is 1.62. The summed E-state index contributed by atoms with van der Waals surface area (Å²) >= 11 is 0. The molecule has 0 aromatic heterocycles. The fourth-order valence-electron chi connectivity index (χ4n) is 0. The zero-order valence-corrected chi connectivity index (χ0v) is 3.49. The topological polar surface area (TPSA) is 20.2 Å². The number of rotatable bonds is 1. The molecule has 5 heavy (non-hydrogen) atoms. The summed E-state index contributed by atoms with van der Waals surface area (Å²) < 4.78 is 6.16. The Morgan fingerprint density at radius 1 is 2.00 bits per heavy atom. The summed E-state index contributed by atoms with van der Waals surface area (Å²) in [6.45, 7) is 3.74. The third kappa shape index (κ3) is 3.54. The lowest BCUT2D eigenvalue weighted by Gasteiger charge is -1.73. The summed E-state index contributed by atoms with van der Waals surface area (Å²) in [5.41, 5.74) is 1.00. The number of aliphatic hydroxyl groups is 1. The van der Waals surface area contributed by atoms with Gasteiger partial charge in [0, 0.05) is 0 Å². The van der Waals surface area contributed by atoms with Gasteiger partial charge in [0.25, 0.3) is 1.43 Å². The van der Waals surface area contributed by atoms with E-state index in [-0.39, 0.29) is 0 Å². The molecule has 0 spiro atoms. The molecule has 0 saturated heterocycles. The van der Waals surface area contributed by atoms with E-state index in [1.807, 2.05) is 13.8 Å². The maximum absolute atomic E-state index is 6.16. The third-order valence-corrected chi connectivity index (χ3v) is 0.236.